The normalized spacial score (nSPS) is 20.1. The minimum atomic E-state index is -1.17. The van der Waals surface area contributed by atoms with Crippen LogP contribution in [0.15, 0.2) is 67.4 Å². The maximum Gasteiger partial charge on any atom is 0.324 e. The van der Waals surface area contributed by atoms with E-state index in [0.29, 0.717) is 50.0 Å². The molecule has 4 aromatic rings. The number of aromatic hydroxyl groups is 1. The van der Waals surface area contributed by atoms with Gasteiger partial charge in [-0.2, -0.15) is 67.5 Å². The number of methoxy groups -OCH3 is 1. The number of nitrogens with zero attached hydrogens (tertiary/aromatic N) is 5. The van der Waals surface area contributed by atoms with E-state index in [4.69, 9.17) is 14.5 Å². The molecule has 5 heterocycles. The van der Waals surface area contributed by atoms with Crippen molar-refractivity contribution in [2.75, 3.05) is 33.9 Å². The van der Waals surface area contributed by atoms with Gasteiger partial charge in [0.1, 0.15) is 23.9 Å². The lowest BCUT2D eigenvalue weighted by Gasteiger charge is -2.37. The molecule has 0 spiro atoms. The number of phenols is 1. The molecule has 0 saturated carbocycles. The number of hydrogen-bond acceptors (Lipinski definition) is 10. The van der Waals surface area contributed by atoms with E-state index in [1.165, 1.54) is 16.0 Å². The zero-order valence-corrected chi connectivity index (χ0v) is 47.1. The predicted octanol–water partition coefficient (Wildman–Crippen LogP) is 6.36. The van der Waals surface area contributed by atoms with E-state index in [-0.39, 0.29) is 123 Å². The van der Waals surface area contributed by atoms with Gasteiger partial charge < -0.3 is 34.3 Å². The van der Waals surface area contributed by atoms with Crippen LogP contribution >= 0.6 is 67.5 Å². The highest BCUT2D eigenvalue weighted by Crippen LogP contribution is 2.41. The zero-order valence-electron chi connectivity index (χ0n) is 42.1. The van der Waals surface area contributed by atoms with Crippen molar-refractivity contribution in [3.63, 3.8) is 0 Å². The second-order valence-corrected chi connectivity index (χ2v) is 19.3. The van der Waals surface area contributed by atoms with Gasteiger partial charge in [0.2, 0.25) is 17.7 Å². The largest absolute Gasteiger partial charge is 0.508 e. The van der Waals surface area contributed by atoms with Gasteiger partial charge in [0.05, 0.1) is 30.5 Å². The van der Waals surface area contributed by atoms with Crippen LogP contribution in [0.5, 0.6) is 5.75 Å². The van der Waals surface area contributed by atoms with E-state index in [1.807, 2.05) is 39.0 Å². The number of benzene rings is 2. The van der Waals surface area contributed by atoms with Gasteiger partial charge >= 0.3 is 5.97 Å². The Kier molecular flexibility index (Phi) is 23.5. The molecule has 20 heteroatoms. The number of ether oxygens (including phenoxy) is 2. The van der Waals surface area contributed by atoms with Crippen LogP contribution in [0, 0.1) is 17.3 Å². The van der Waals surface area contributed by atoms with Crippen molar-refractivity contribution in [2.24, 2.45) is 17.3 Å². The van der Waals surface area contributed by atoms with Crippen LogP contribution in [0.4, 0.5) is 0 Å². The number of aryl methyl sites for hydroxylation is 1. The molecule has 5 atom stereocenters. The Balaban J connectivity index is 0.00000346. The molecule has 4 amide bonds. The van der Waals surface area contributed by atoms with E-state index >= 15 is 0 Å². The maximum absolute atomic E-state index is 14.7. The highest BCUT2D eigenvalue weighted by molar-refractivity contribution is 7.60. The molecule has 6 bridgehead atoms. The van der Waals surface area contributed by atoms with Crippen molar-refractivity contribution in [1.29, 1.82) is 0 Å². The third-order valence-electron chi connectivity index (χ3n) is 13.3. The number of nitrogens with one attached hydrogen (secondary N) is 2. The Morgan fingerprint density at radius 1 is 1.07 bits per heavy atom. The lowest BCUT2D eigenvalue weighted by Crippen LogP contribution is -2.62. The summed E-state index contributed by atoms with van der Waals surface area (Å²) in [6.45, 7) is 17.0. The first-order valence-electron chi connectivity index (χ1n) is 23.1. The second kappa shape index (κ2) is 26.6. The predicted molar refractivity (Wildman–Crippen MR) is 303 cm³/mol. The van der Waals surface area contributed by atoms with E-state index in [0.717, 1.165) is 39.0 Å². The molecule has 2 saturated heterocycles. The topological polar surface area (TPSA) is 176 Å². The first kappa shape index (κ1) is 62.8. The molecule has 15 nitrogen and oxygen atoms in total. The van der Waals surface area contributed by atoms with Crippen LogP contribution in [0.2, 0.25) is 0 Å². The van der Waals surface area contributed by atoms with Crippen molar-refractivity contribution in [3.05, 3.63) is 84.2 Å². The number of cyclic esters (lactones) is 1. The third kappa shape index (κ3) is 13.7. The fourth-order valence-corrected chi connectivity index (χ4v) is 10.2. The molecule has 71 heavy (non-hydrogen) atoms. The quantitative estimate of drug-likeness (QED) is 0.120. The van der Waals surface area contributed by atoms with Gasteiger partial charge in [-0.15, -0.1) is 0 Å². The molecular formula is C51H75N7O8S5. The average molecular weight is 1070 g/mol. The van der Waals surface area contributed by atoms with Gasteiger partial charge in [-0.05, 0) is 110 Å². The minimum Gasteiger partial charge on any atom is -0.508 e. The SMILES string of the molecule is C=CC(=O)N1C[C@@H](C(=O)N(C)[C@H](C(=O)N[C@H]2Cc3cc(O)cc(c3)-c3ccc4c(c3)c(c(-c3cccnc3COC)n4CC)CC(C)(C)COC(=O)[C@@H]3CCCN(N3)C2=O)C(C)C)C[C@H]1C.S.S.S.S.S. The first-order chi connectivity index (χ1) is 31.4. The molecule has 3 aliphatic rings. The number of hydrazine groups is 1. The van der Waals surface area contributed by atoms with Crippen LogP contribution in [-0.2, 0) is 59.4 Å². The van der Waals surface area contributed by atoms with Crippen LogP contribution in [0.25, 0.3) is 33.3 Å². The number of pyridine rings is 1. The van der Waals surface area contributed by atoms with Crippen molar-refractivity contribution in [3.8, 4) is 28.1 Å². The molecule has 0 aliphatic carbocycles. The molecule has 7 rings (SSSR count). The van der Waals surface area contributed by atoms with Crippen molar-refractivity contribution in [1.82, 2.24) is 35.1 Å². The summed E-state index contributed by atoms with van der Waals surface area (Å²) in [6, 6.07) is 12.3. The van der Waals surface area contributed by atoms with Crippen molar-refractivity contribution in [2.45, 2.75) is 111 Å². The lowest BCUT2D eigenvalue weighted by atomic mass is 9.84. The second-order valence-electron chi connectivity index (χ2n) is 19.3. The summed E-state index contributed by atoms with van der Waals surface area (Å²) >= 11 is 0. The van der Waals surface area contributed by atoms with E-state index in [9.17, 15) is 29.1 Å². The monoisotopic (exact) mass is 1070 g/mol. The Bertz CT molecular complexity index is 2540. The lowest BCUT2D eigenvalue weighted by molar-refractivity contribution is -0.155. The van der Waals surface area contributed by atoms with E-state index in [1.54, 1.807) is 37.4 Å². The van der Waals surface area contributed by atoms with Gasteiger partial charge in [0.15, 0.2) is 0 Å². The minimum absolute atomic E-state index is 0. The number of phenolic OH excluding ortho intramolecular Hbond substituents is 1. The van der Waals surface area contributed by atoms with Crippen molar-refractivity contribution < 1.29 is 38.6 Å². The highest BCUT2D eigenvalue weighted by atomic mass is 32.1. The number of amides is 4. The molecule has 0 radical (unpaired) electrons. The number of carbonyl (C=O) groups excluding carboxylic acids is 5. The Morgan fingerprint density at radius 3 is 2.45 bits per heavy atom. The van der Waals surface area contributed by atoms with Gasteiger partial charge in [-0.25, -0.2) is 5.43 Å². The molecule has 3 aliphatic heterocycles. The molecule has 392 valence electrons. The summed E-state index contributed by atoms with van der Waals surface area (Å²) in [7, 11) is 3.24. The van der Waals surface area contributed by atoms with Gasteiger partial charge in [0, 0.05) is 74.3 Å². The molecule has 2 aromatic heterocycles. The fraction of sp³-hybridized carbons (Fsp3) is 0.490. The summed E-state index contributed by atoms with van der Waals surface area (Å²) in [5, 5.41) is 16.7. The van der Waals surface area contributed by atoms with Crippen LogP contribution in [0.1, 0.15) is 77.6 Å². The molecule has 3 N–H and O–H groups in total. The number of carbonyl (C=O) groups is 5. The molecule has 2 fully saturated rings. The number of esters is 1. The van der Waals surface area contributed by atoms with Gasteiger partial charge in [0.25, 0.3) is 5.91 Å². The third-order valence-corrected chi connectivity index (χ3v) is 13.3. The van der Waals surface area contributed by atoms with E-state index in [2.05, 4.69) is 60.9 Å². The van der Waals surface area contributed by atoms with Gasteiger partial charge in [-0.1, -0.05) is 46.4 Å². The zero-order chi connectivity index (χ0) is 47.6. The first-order valence-corrected chi connectivity index (χ1v) is 23.1. The number of aromatic nitrogens is 2. The maximum atomic E-state index is 14.7. The molecular weight excluding hydrogens is 999 g/mol. The van der Waals surface area contributed by atoms with Gasteiger partial charge in [-0.3, -0.25) is 34.0 Å². The number of fused-ring (bicyclic) bond motifs is 6. The Morgan fingerprint density at radius 2 is 1.79 bits per heavy atom. The van der Waals surface area contributed by atoms with Crippen LogP contribution in [-0.4, -0.2) is 117 Å². The van der Waals surface area contributed by atoms with Crippen molar-refractivity contribution >= 4 is 108 Å². The fourth-order valence-electron chi connectivity index (χ4n) is 10.2. The summed E-state index contributed by atoms with van der Waals surface area (Å²) in [5.74, 6) is -2.90. The smallest absolute Gasteiger partial charge is 0.324 e. The summed E-state index contributed by atoms with van der Waals surface area (Å²) in [5.41, 5.74) is 9.53. The summed E-state index contributed by atoms with van der Waals surface area (Å²) < 4.78 is 14.0. The molecule has 0 unspecified atom stereocenters. The highest BCUT2D eigenvalue weighted by Gasteiger charge is 2.42. The summed E-state index contributed by atoms with van der Waals surface area (Å²) in [6.07, 6.45) is 4.92. The standard InChI is InChI=1S/C51H65N7O8.5H2S/c1-10-44(60)57-27-35(20-31(57)5)48(62)55(8)45(30(3)4)47(61)53-41-23-32-21-34(24-36(59)22-32)33-16-17-43-38(25-33)39(46(56(43)11-2)37-14-12-18-52-42(37)28-65-9)26-51(6,7)29-66-50(64)40-15-13-19-58(54-40)49(41)63;;;;;/h10,12,14,16-18,21-22,24-25,30-31,35,40-41,45,54,59H,1,11,13,15,19-20,23,26-29H2,2-9H3,(H,53,61);5*1H2/t31-,35+,40+,41+,45+;;;;;/m1...../s1. The number of hydrogen-bond donors (Lipinski definition) is 3. The number of likely N-dealkylation sites (N-methyl/N-ethyl adjacent to an activating group) is 1. The molecule has 2 aromatic carbocycles. The van der Waals surface area contributed by atoms with E-state index < -0.39 is 47.2 Å². The number of likely N-dealkylation sites (tertiary alicyclic amines) is 1. The Hall–Kier alpha value is -4.31. The summed E-state index contributed by atoms with van der Waals surface area (Å²) in [4.78, 5) is 77.5. The van der Waals surface area contributed by atoms with Crippen LogP contribution in [0.3, 0.4) is 0 Å². The number of rotatable bonds is 10. The Labute approximate surface area is 453 Å². The van der Waals surface area contributed by atoms with Crippen LogP contribution < -0.4 is 10.7 Å². The average Bonchev–Trinajstić information content (AvgIpc) is 3.83.